The number of amides is 1. The monoisotopic (exact) mass is 501 g/mol. The molecule has 1 N–H and O–H groups in total. The number of hydrogen-bond acceptors (Lipinski definition) is 3. The third kappa shape index (κ3) is 4.49. The fourth-order valence-corrected chi connectivity index (χ4v) is 4.55. The summed E-state index contributed by atoms with van der Waals surface area (Å²) in [5.74, 6) is -0.352. The van der Waals surface area contributed by atoms with Crippen LogP contribution in [0.3, 0.4) is 0 Å². The molecule has 0 spiro atoms. The lowest BCUT2D eigenvalue weighted by molar-refractivity contribution is -0.117. The molecule has 170 valence electrons. The van der Waals surface area contributed by atoms with Crippen LogP contribution in [0, 0.1) is 13.8 Å². The third-order valence-corrected chi connectivity index (χ3v) is 6.53. The van der Waals surface area contributed by atoms with E-state index in [1.54, 1.807) is 29.8 Å². The predicted molar refractivity (Wildman–Crippen MR) is 120 cm³/mol. The van der Waals surface area contributed by atoms with E-state index in [1.807, 2.05) is 6.92 Å². The molecule has 1 aromatic carbocycles. The van der Waals surface area contributed by atoms with Crippen LogP contribution in [0.15, 0.2) is 18.2 Å². The van der Waals surface area contributed by atoms with E-state index in [4.69, 9.17) is 34.8 Å². The molecular formula is C21H20Cl3F2N5O. The van der Waals surface area contributed by atoms with E-state index in [-0.39, 0.29) is 17.5 Å². The van der Waals surface area contributed by atoms with Crippen LogP contribution in [0.4, 0.5) is 14.5 Å². The number of carbonyl (C=O) groups excluding carboxylic acids is 1. The second-order valence-electron chi connectivity index (χ2n) is 7.77. The van der Waals surface area contributed by atoms with Gasteiger partial charge in [-0.25, -0.2) is 8.78 Å². The fourth-order valence-electron chi connectivity index (χ4n) is 3.66. The van der Waals surface area contributed by atoms with Gasteiger partial charge < -0.3 is 5.32 Å². The van der Waals surface area contributed by atoms with Crippen molar-refractivity contribution in [2.24, 2.45) is 0 Å². The predicted octanol–water partition coefficient (Wildman–Crippen LogP) is 6.16. The van der Waals surface area contributed by atoms with E-state index in [1.165, 1.54) is 4.68 Å². The lowest BCUT2D eigenvalue weighted by Crippen LogP contribution is -2.21. The zero-order chi connectivity index (χ0) is 23.2. The van der Waals surface area contributed by atoms with E-state index in [0.29, 0.717) is 39.4 Å². The molecular weight excluding hydrogens is 483 g/mol. The van der Waals surface area contributed by atoms with Gasteiger partial charge in [-0.15, -0.1) is 0 Å². The van der Waals surface area contributed by atoms with Crippen LogP contribution >= 0.6 is 34.8 Å². The molecule has 0 unspecified atom stereocenters. The Morgan fingerprint density at radius 1 is 1.16 bits per heavy atom. The van der Waals surface area contributed by atoms with Gasteiger partial charge in [0.05, 0.1) is 34.3 Å². The van der Waals surface area contributed by atoms with Gasteiger partial charge in [-0.3, -0.25) is 14.2 Å². The Kier molecular flexibility index (Phi) is 6.47. The molecule has 1 saturated carbocycles. The lowest BCUT2D eigenvalue weighted by Gasteiger charge is -2.10. The van der Waals surface area contributed by atoms with Crippen molar-refractivity contribution >= 4 is 46.4 Å². The van der Waals surface area contributed by atoms with Crippen molar-refractivity contribution in [1.82, 2.24) is 19.6 Å². The average molecular weight is 503 g/mol. The molecule has 1 aliphatic rings. The van der Waals surface area contributed by atoms with Crippen molar-refractivity contribution in [2.45, 2.75) is 52.1 Å². The summed E-state index contributed by atoms with van der Waals surface area (Å²) in [5.41, 5.74) is 2.58. The number of benzene rings is 1. The molecule has 0 aliphatic heterocycles. The molecule has 0 saturated heterocycles. The van der Waals surface area contributed by atoms with Crippen LogP contribution in [-0.4, -0.2) is 25.5 Å². The van der Waals surface area contributed by atoms with Gasteiger partial charge in [-0.1, -0.05) is 40.9 Å². The van der Waals surface area contributed by atoms with Gasteiger partial charge >= 0.3 is 0 Å². The van der Waals surface area contributed by atoms with Crippen molar-refractivity contribution in [2.75, 3.05) is 5.32 Å². The normalized spacial score (nSPS) is 13.8. The van der Waals surface area contributed by atoms with Crippen LogP contribution in [0.5, 0.6) is 0 Å². The molecule has 3 aromatic rings. The number of aromatic nitrogens is 4. The Morgan fingerprint density at radius 3 is 2.41 bits per heavy atom. The minimum atomic E-state index is -2.80. The average Bonchev–Trinajstić information content (AvgIpc) is 3.45. The van der Waals surface area contributed by atoms with Crippen LogP contribution in [0.2, 0.25) is 15.1 Å². The third-order valence-electron chi connectivity index (χ3n) is 5.44. The smallest absolute Gasteiger partial charge is 0.283 e. The highest BCUT2D eigenvalue weighted by Gasteiger charge is 2.34. The van der Waals surface area contributed by atoms with Crippen molar-refractivity contribution in [3.05, 3.63) is 61.6 Å². The summed E-state index contributed by atoms with van der Waals surface area (Å²) in [4.78, 5) is 12.8. The molecule has 0 atom stereocenters. The van der Waals surface area contributed by atoms with E-state index in [9.17, 15) is 13.6 Å². The highest BCUT2D eigenvalue weighted by Crippen LogP contribution is 2.45. The van der Waals surface area contributed by atoms with Gasteiger partial charge in [0.1, 0.15) is 12.2 Å². The van der Waals surface area contributed by atoms with E-state index in [2.05, 4.69) is 15.5 Å². The number of hydrogen-bond donors (Lipinski definition) is 1. The quantitative estimate of drug-likeness (QED) is 0.421. The highest BCUT2D eigenvalue weighted by atomic mass is 35.5. The molecule has 1 fully saturated rings. The first-order chi connectivity index (χ1) is 15.2. The summed E-state index contributed by atoms with van der Waals surface area (Å²) in [7, 11) is 0. The van der Waals surface area contributed by atoms with Crippen molar-refractivity contribution in [3.8, 4) is 0 Å². The number of aryl methyl sites for hydroxylation is 1. The second kappa shape index (κ2) is 9.00. The highest BCUT2D eigenvalue weighted by molar-refractivity contribution is 6.36. The SMILES string of the molecule is Cc1nn(Cc2c(Cl)cccc2Cl)c(C)c1NC(=O)Cn1nc(C(F)F)c(Cl)c1C1CC1. The fraction of sp³-hybridized carbons (Fsp3) is 0.381. The molecule has 2 aromatic heterocycles. The number of nitrogens with one attached hydrogen (secondary N) is 1. The maximum atomic E-state index is 13.2. The van der Waals surface area contributed by atoms with E-state index >= 15 is 0 Å². The summed E-state index contributed by atoms with van der Waals surface area (Å²) in [6.45, 7) is 3.69. The first-order valence-electron chi connectivity index (χ1n) is 9.98. The van der Waals surface area contributed by atoms with Crippen molar-refractivity contribution < 1.29 is 13.6 Å². The maximum absolute atomic E-state index is 13.2. The molecule has 11 heteroatoms. The van der Waals surface area contributed by atoms with Crippen molar-refractivity contribution in [3.63, 3.8) is 0 Å². The summed E-state index contributed by atoms with van der Waals surface area (Å²) >= 11 is 18.7. The molecule has 2 heterocycles. The van der Waals surface area contributed by atoms with Crippen LogP contribution in [-0.2, 0) is 17.9 Å². The molecule has 1 aliphatic carbocycles. The molecule has 0 bridgehead atoms. The molecule has 32 heavy (non-hydrogen) atoms. The van der Waals surface area contributed by atoms with E-state index < -0.39 is 18.0 Å². The van der Waals surface area contributed by atoms with Gasteiger partial charge in [0.15, 0.2) is 0 Å². The zero-order valence-electron chi connectivity index (χ0n) is 17.3. The number of rotatable bonds is 7. The maximum Gasteiger partial charge on any atom is 0.283 e. The first-order valence-corrected chi connectivity index (χ1v) is 11.1. The van der Waals surface area contributed by atoms with Gasteiger partial charge in [-0.2, -0.15) is 10.2 Å². The minimum absolute atomic E-state index is 0.0490. The molecule has 4 rings (SSSR count). The lowest BCUT2D eigenvalue weighted by atomic mass is 10.2. The van der Waals surface area contributed by atoms with Gasteiger partial charge in [-0.05, 0) is 38.8 Å². The Bertz CT molecular complexity index is 1170. The number of carbonyl (C=O) groups is 1. The topological polar surface area (TPSA) is 64.7 Å². The van der Waals surface area contributed by atoms with Crippen molar-refractivity contribution in [1.29, 1.82) is 0 Å². The van der Waals surface area contributed by atoms with Gasteiger partial charge in [0, 0.05) is 21.5 Å². The Hall–Kier alpha value is -2.16. The largest absolute Gasteiger partial charge is 0.321 e. The summed E-state index contributed by atoms with van der Waals surface area (Å²) in [6.07, 6.45) is -1.12. The number of halogens is 5. The Balaban J connectivity index is 1.54. The number of nitrogens with zero attached hydrogens (tertiary/aromatic N) is 4. The van der Waals surface area contributed by atoms with Gasteiger partial charge in [0.2, 0.25) is 5.91 Å². The summed E-state index contributed by atoms with van der Waals surface area (Å²) in [5, 5.41) is 12.2. The van der Waals surface area contributed by atoms with Gasteiger partial charge in [0.25, 0.3) is 6.43 Å². The summed E-state index contributed by atoms with van der Waals surface area (Å²) < 4.78 is 29.5. The first kappa shape index (κ1) is 23.0. The second-order valence-corrected chi connectivity index (χ2v) is 8.96. The number of anilines is 1. The molecule has 0 radical (unpaired) electrons. The number of alkyl halides is 2. The summed E-state index contributed by atoms with van der Waals surface area (Å²) in [6, 6.07) is 5.26. The van der Waals surface area contributed by atoms with Crippen LogP contribution in [0.25, 0.3) is 0 Å². The van der Waals surface area contributed by atoms with E-state index in [0.717, 1.165) is 18.4 Å². The Labute approximate surface area is 198 Å². The van der Waals surface area contributed by atoms with Crippen LogP contribution in [0.1, 0.15) is 53.5 Å². The minimum Gasteiger partial charge on any atom is -0.321 e. The molecule has 1 amide bonds. The zero-order valence-corrected chi connectivity index (χ0v) is 19.6. The molecule has 6 nitrogen and oxygen atoms in total. The van der Waals surface area contributed by atoms with Crippen LogP contribution < -0.4 is 5.32 Å². The standard InChI is InChI=1S/C21H20Cl3F2N5O/c1-10-18(11(2)30(28-10)8-13-14(22)4-3-5-15(13)23)27-16(32)9-31-20(12-6-7-12)17(24)19(29-31)21(25)26/h3-5,12,21H,6-9H2,1-2H3,(H,27,32). The Morgan fingerprint density at radius 2 is 1.81 bits per heavy atom.